The Morgan fingerprint density at radius 3 is 0.621 bits per heavy atom. The molecule has 0 heterocycles. The van der Waals surface area contributed by atoms with E-state index in [0.717, 1.165) is 13.0 Å². The maximum atomic E-state index is 8.75. The molecule has 176 valence electrons. The van der Waals surface area contributed by atoms with E-state index in [2.05, 4.69) is 0 Å². The summed E-state index contributed by atoms with van der Waals surface area (Å²) in [7, 11) is 0. The molecule has 0 aliphatic carbocycles. The predicted molar refractivity (Wildman–Crippen MR) is 132 cm³/mol. The zero-order valence-electron chi connectivity index (χ0n) is 20.1. The standard InChI is InChI=1S/C27H57NO/c28-26-24-22-20-18-16-14-12-10-8-6-4-2-1-3-5-7-9-11-13-15-17-19-21-23-25-27-29/h29H,1-28H2. The first-order valence-corrected chi connectivity index (χ1v) is 13.7. The molecule has 0 aliphatic rings. The first-order chi connectivity index (χ1) is 14.4. The summed E-state index contributed by atoms with van der Waals surface area (Å²) < 4.78 is 0. The van der Waals surface area contributed by atoms with Crippen molar-refractivity contribution in [3.8, 4) is 0 Å². The molecule has 0 saturated carbocycles. The van der Waals surface area contributed by atoms with Crippen molar-refractivity contribution in [1.82, 2.24) is 0 Å². The fourth-order valence-corrected chi connectivity index (χ4v) is 4.32. The maximum absolute atomic E-state index is 8.75. The molecule has 0 aromatic carbocycles. The Labute approximate surface area is 184 Å². The molecule has 0 atom stereocenters. The molecule has 0 radical (unpaired) electrons. The number of aliphatic hydroxyl groups is 1. The van der Waals surface area contributed by atoms with Crippen molar-refractivity contribution in [1.29, 1.82) is 0 Å². The minimum Gasteiger partial charge on any atom is -0.396 e. The number of nitrogens with two attached hydrogens (primary N) is 1. The minimum atomic E-state index is 0.372. The third-order valence-electron chi connectivity index (χ3n) is 6.36. The zero-order valence-corrected chi connectivity index (χ0v) is 20.1. The van der Waals surface area contributed by atoms with Gasteiger partial charge in [0.1, 0.15) is 0 Å². The summed E-state index contributed by atoms with van der Waals surface area (Å²) in [5.74, 6) is 0. The Morgan fingerprint density at radius 1 is 0.276 bits per heavy atom. The average molecular weight is 412 g/mol. The van der Waals surface area contributed by atoms with Gasteiger partial charge in [0.05, 0.1) is 0 Å². The van der Waals surface area contributed by atoms with Gasteiger partial charge >= 0.3 is 0 Å². The van der Waals surface area contributed by atoms with Gasteiger partial charge in [-0.15, -0.1) is 0 Å². The van der Waals surface area contributed by atoms with Crippen LogP contribution in [0.5, 0.6) is 0 Å². The minimum absolute atomic E-state index is 0.372. The monoisotopic (exact) mass is 411 g/mol. The van der Waals surface area contributed by atoms with Crippen LogP contribution >= 0.6 is 0 Å². The van der Waals surface area contributed by atoms with Crippen LogP contribution in [0.3, 0.4) is 0 Å². The van der Waals surface area contributed by atoms with E-state index >= 15 is 0 Å². The van der Waals surface area contributed by atoms with Gasteiger partial charge < -0.3 is 10.8 Å². The largest absolute Gasteiger partial charge is 0.396 e. The second-order valence-corrected chi connectivity index (χ2v) is 9.35. The predicted octanol–water partition coefficient (Wildman–Crippen LogP) is 8.69. The summed E-state index contributed by atoms with van der Waals surface area (Å²) >= 11 is 0. The number of hydrogen-bond donors (Lipinski definition) is 2. The van der Waals surface area contributed by atoms with Crippen LogP contribution in [0.1, 0.15) is 161 Å². The van der Waals surface area contributed by atoms with Gasteiger partial charge in [-0.1, -0.05) is 148 Å². The molecular weight excluding hydrogens is 354 g/mol. The van der Waals surface area contributed by atoms with Gasteiger partial charge in [0, 0.05) is 6.61 Å². The molecule has 0 aromatic rings. The molecule has 2 nitrogen and oxygen atoms in total. The number of unbranched alkanes of at least 4 members (excludes halogenated alkanes) is 24. The summed E-state index contributed by atoms with van der Waals surface area (Å²) in [4.78, 5) is 0. The van der Waals surface area contributed by atoms with Crippen molar-refractivity contribution in [2.45, 2.75) is 161 Å². The van der Waals surface area contributed by atoms with Gasteiger partial charge in [-0.3, -0.25) is 0 Å². The lowest BCUT2D eigenvalue weighted by Crippen LogP contribution is -1.97. The van der Waals surface area contributed by atoms with Crippen LogP contribution in [-0.2, 0) is 0 Å². The van der Waals surface area contributed by atoms with Crippen molar-refractivity contribution < 1.29 is 5.11 Å². The fourth-order valence-electron chi connectivity index (χ4n) is 4.32. The van der Waals surface area contributed by atoms with Crippen LogP contribution in [0.2, 0.25) is 0 Å². The lowest BCUT2D eigenvalue weighted by molar-refractivity contribution is 0.282. The van der Waals surface area contributed by atoms with Crippen LogP contribution in [-0.4, -0.2) is 18.3 Å². The van der Waals surface area contributed by atoms with Crippen LogP contribution in [0.15, 0.2) is 0 Å². The molecule has 0 aromatic heterocycles. The third-order valence-corrected chi connectivity index (χ3v) is 6.36. The summed E-state index contributed by atoms with van der Waals surface area (Å²) in [5, 5.41) is 8.75. The third kappa shape index (κ3) is 27.9. The van der Waals surface area contributed by atoms with Crippen molar-refractivity contribution >= 4 is 0 Å². The van der Waals surface area contributed by atoms with Gasteiger partial charge in [0.25, 0.3) is 0 Å². The summed E-state index contributed by atoms with van der Waals surface area (Å²) in [6.07, 6.45) is 35.0. The average Bonchev–Trinajstić information content (AvgIpc) is 2.74. The van der Waals surface area contributed by atoms with Gasteiger partial charge in [0.15, 0.2) is 0 Å². The molecule has 0 spiro atoms. The second-order valence-electron chi connectivity index (χ2n) is 9.35. The molecule has 2 heteroatoms. The van der Waals surface area contributed by atoms with E-state index in [1.165, 1.54) is 154 Å². The van der Waals surface area contributed by atoms with Crippen LogP contribution in [0.25, 0.3) is 0 Å². The van der Waals surface area contributed by atoms with Gasteiger partial charge in [-0.05, 0) is 19.4 Å². The highest BCUT2D eigenvalue weighted by atomic mass is 16.2. The van der Waals surface area contributed by atoms with E-state index in [0.29, 0.717) is 6.61 Å². The fraction of sp³-hybridized carbons (Fsp3) is 1.00. The topological polar surface area (TPSA) is 46.2 Å². The van der Waals surface area contributed by atoms with Gasteiger partial charge in [0.2, 0.25) is 0 Å². The second kappa shape index (κ2) is 27.9. The first-order valence-electron chi connectivity index (χ1n) is 13.7. The molecule has 0 bridgehead atoms. The number of rotatable bonds is 26. The molecule has 0 saturated heterocycles. The van der Waals surface area contributed by atoms with E-state index in [-0.39, 0.29) is 0 Å². The highest BCUT2D eigenvalue weighted by Crippen LogP contribution is 2.15. The van der Waals surface area contributed by atoms with Crippen molar-refractivity contribution in [2.75, 3.05) is 13.2 Å². The summed E-state index contributed by atoms with van der Waals surface area (Å²) in [5.41, 5.74) is 5.52. The van der Waals surface area contributed by atoms with Crippen LogP contribution in [0.4, 0.5) is 0 Å². The van der Waals surface area contributed by atoms with Crippen LogP contribution in [0, 0.1) is 0 Å². The first kappa shape index (κ1) is 28.9. The SMILES string of the molecule is NCCCCCCCCCCCCCCCCCCCCCCCCCCCO. The lowest BCUT2D eigenvalue weighted by Gasteiger charge is -2.04. The highest BCUT2D eigenvalue weighted by Gasteiger charge is 1.96. The number of hydrogen-bond acceptors (Lipinski definition) is 2. The molecule has 3 N–H and O–H groups in total. The molecule has 0 aliphatic heterocycles. The Kier molecular flexibility index (Phi) is 27.8. The Morgan fingerprint density at radius 2 is 0.448 bits per heavy atom. The highest BCUT2D eigenvalue weighted by molar-refractivity contribution is 4.52. The van der Waals surface area contributed by atoms with Crippen LogP contribution < -0.4 is 5.73 Å². The van der Waals surface area contributed by atoms with Crippen molar-refractivity contribution in [3.05, 3.63) is 0 Å². The van der Waals surface area contributed by atoms with Gasteiger partial charge in [-0.25, -0.2) is 0 Å². The van der Waals surface area contributed by atoms with E-state index in [4.69, 9.17) is 10.8 Å². The van der Waals surface area contributed by atoms with E-state index < -0.39 is 0 Å². The zero-order chi connectivity index (χ0) is 21.1. The Balaban J connectivity index is 2.97. The van der Waals surface area contributed by atoms with E-state index in [1.54, 1.807) is 0 Å². The number of aliphatic hydroxyl groups excluding tert-OH is 1. The molecule has 29 heavy (non-hydrogen) atoms. The quantitative estimate of drug-likeness (QED) is 0.140. The molecule has 0 amide bonds. The molecular formula is C27H57NO. The normalized spacial score (nSPS) is 11.4. The van der Waals surface area contributed by atoms with Gasteiger partial charge in [-0.2, -0.15) is 0 Å². The smallest absolute Gasteiger partial charge is 0.0431 e. The Bertz CT molecular complexity index is 243. The van der Waals surface area contributed by atoms with Crippen molar-refractivity contribution in [2.24, 2.45) is 5.73 Å². The Hall–Kier alpha value is -0.0800. The maximum Gasteiger partial charge on any atom is 0.0431 e. The molecule has 0 rings (SSSR count). The van der Waals surface area contributed by atoms with E-state index in [9.17, 15) is 0 Å². The molecule has 0 fully saturated rings. The van der Waals surface area contributed by atoms with Crippen molar-refractivity contribution in [3.63, 3.8) is 0 Å². The molecule has 0 unspecified atom stereocenters. The summed E-state index contributed by atoms with van der Waals surface area (Å²) in [6, 6.07) is 0. The lowest BCUT2D eigenvalue weighted by atomic mass is 10.0. The van der Waals surface area contributed by atoms with E-state index in [1.807, 2.05) is 0 Å². The summed E-state index contributed by atoms with van der Waals surface area (Å²) in [6.45, 7) is 1.24.